The van der Waals surface area contributed by atoms with Gasteiger partial charge in [0.15, 0.2) is 11.5 Å². The van der Waals surface area contributed by atoms with Crippen molar-refractivity contribution in [3.8, 4) is 11.5 Å². The highest BCUT2D eigenvalue weighted by Gasteiger charge is 2.32. The summed E-state index contributed by atoms with van der Waals surface area (Å²) in [4.78, 5) is 0. The van der Waals surface area contributed by atoms with Gasteiger partial charge in [-0.05, 0) is 58.2 Å². The van der Waals surface area contributed by atoms with E-state index in [1.807, 2.05) is 0 Å². The first kappa shape index (κ1) is 19.5. The molecule has 8 heteroatoms. The summed E-state index contributed by atoms with van der Waals surface area (Å²) in [5.74, 6) is -1.21. The van der Waals surface area contributed by atoms with Crippen molar-refractivity contribution in [2.24, 2.45) is 4.40 Å². The van der Waals surface area contributed by atoms with Gasteiger partial charge in [0, 0.05) is 5.71 Å². The van der Waals surface area contributed by atoms with Crippen molar-refractivity contribution in [2.75, 3.05) is 0 Å². The highest BCUT2D eigenvalue weighted by atomic mass is 32.2. The van der Waals surface area contributed by atoms with Crippen LogP contribution in [-0.2, 0) is 17.4 Å². The van der Waals surface area contributed by atoms with Crippen LogP contribution in [0.15, 0.2) is 22.6 Å². The van der Waals surface area contributed by atoms with Gasteiger partial charge >= 0.3 is 6.36 Å². The lowest BCUT2D eigenvalue weighted by Gasteiger charge is -2.14. The first-order valence-electron chi connectivity index (χ1n) is 6.92. The average Bonchev–Trinajstić information content (AvgIpc) is 2.37. The van der Waals surface area contributed by atoms with Gasteiger partial charge in [0.2, 0.25) is 0 Å². The number of phenols is 1. The summed E-state index contributed by atoms with van der Waals surface area (Å²) in [6.07, 6.45) is -4.03. The van der Waals surface area contributed by atoms with Crippen LogP contribution in [0.2, 0.25) is 0 Å². The molecule has 1 atom stereocenters. The maximum Gasteiger partial charge on any atom is 0.573 e. The van der Waals surface area contributed by atoms with Crippen LogP contribution in [0.4, 0.5) is 13.2 Å². The third-order valence-corrected chi connectivity index (χ3v) is 4.31. The molecule has 0 aromatic heterocycles. The monoisotopic (exact) mass is 351 g/mol. The Labute approximate surface area is 136 Å². The minimum atomic E-state index is -4.86. The maximum atomic E-state index is 12.2. The number of phenolic OH excluding ortho intramolecular Hbond substituents is 1. The molecule has 0 saturated heterocycles. The first-order valence-corrected chi connectivity index (χ1v) is 8.03. The van der Waals surface area contributed by atoms with E-state index in [2.05, 4.69) is 9.13 Å². The van der Waals surface area contributed by atoms with Gasteiger partial charge in [-0.1, -0.05) is 6.07 Å². The Hall–Kier alpha value is -1.57. The second-order valence-electron chi connectivity index (χ2n) is 6.04. The largest absolute Gasteiger partial charge is 0.573 e. The van der Waals surface area contributed by atoms with E-state index in [1.165, 1.54) is 6.07 Å². The Balaban J connectivity index is 2.77. The van der Waals surface area contributed by atoms with Gasteiger partial charge in [0.25, 0.3) is 0 Å². The SMILES string of the molecule is CC(CCc1ccc(O)c(OC(F)(F)F)c1)=NS(=O)C(C)(C)C. The van der Waals surface area contributed by atoms with Gasteiger partial charge in [0.1, 0.15) is 11.0 Å². The van der Waals surface area contributed by atoms with Crippen molar-refractivity contribution < 1.29 is 27.2 Å². The quantitative estimate of drug-likeness (QED) is 0.811. The van der Waals surface area contributed by atoms with E-state index in [4.69, 9.17) is 0 Å². The number of hydrogen-bond donors (Lipinski definition) is 1. The number of alkyl halides is 3. The van der Waals surface area contributed by atoms with Gasteiger partial charge in [-0.2, -0.15) is 4.40 Å². The number of rotatable bonds is 5. The lowest BCUT2D eigenvalue weighted by Crippen LogP contribution is -2.20. The molecule has 1 aromatic carbocycles. The molecule has 0 saturated carbocycles. The predicted octanol–water partition coefficient (Wildman–Crippen LogP) is 4.15. The molecule has 23 heavy (non-hydrogen) atoms. The fourth-order valence-electron chi connectivity index (χ4n) is 1.57. The lowest BCUT2D eigenvalue weighted by molar-refractivity contribution is -0.275. The van der Waals surface area contributed by atoms with Crippen molar-refractivity contribution in [1.82, 2.24) is 0 Å². The van der Waals surface area contributed by atoms with Gasteiger partial charge in [-0.3, -0.25) is 0 Å². The molecular formula is C15H20F3NO3S. The van der Waals surface area contributed by atoms with Crippen molar-refractivity contribution in [2.45, 2.75) is 51.6 Å². The van der Waals surface area contributed by atoms with E-state index in [0.717, 1.165) is 12.1 Å². The van der Waals surface area contributed by atoms with Crippen molar-refractivity contribution in [3.63, 3.8) is 0 Å². The summed E-state index contributed by atoms with van der Waals surface area (Å²) >= 11 is 0. The molecule has 1 unspecified atom stereocenters. The van der Waals surface area contributed by atoms with Crippen LogP contribution in [0.1, 0.15) is 39.7 Å². The Morgan fingerprint density at radius 3 is 2.43 bits per heavy atom. The van der Waals surface area contributed by atoms with E-state index in [1.54, 1.807) is 27.7 Å². The van der Waals surface area contributed by atoms with Gasteiger partial charge < -0.3 is 9.84 Å². The zero-order chi connectivity index (χ0) is 17.8. The minimum absolute atomic E-state index is 0.394. The first-order chi connectivity index (χ1) is 10.4. The second-order valence-corrected chi connectivity index (χ2v) is 7.94. The lowest BCUT2D eigenvalue weighted by atomic mass is 10.1. The van der Waals surface area contributed by atoms with Crippen LogP contribution in [0.3, 0.4) is 0 Å². The molecule has 0 spiro atoms. The maximum absolute atomic E-state index is 12.2. The molecule has 4 nitrogen and oxygen atoms in total. The van der Waals surface area contributed by atoms with Crippen molar-refractivity contribution in [1.29, 1.82) is 0 Å². The Bertz CT molecular complexity index is 607. The molecule has 0 heterocycles. The molecule has 130 valence electrons. The van der Waals surface area contributed by atoms with Crippen LogP contribution in [-0.4, -0.2) is 26.1 Å². The Morgan fingerprint density at radius 1 is 1.30 bits per heavy atom. The topological polar surface area (TPSA) is 58.9 Å². The molecule has 1 rings (SSSR count). The molecule has 0 amide bonds. The summed E-state index contributed by atoms with van der Waals surface area (Å²) < 4.78 is 56.0. The normalized spacial score (nSPS) is 14.7. The molecule has 0 bridgehead atoms. The standard InChI is InChI=1S/C15H20F3NO3S/c1-10(19-23(21)14(2,3)4)5-6-11-7-8-12(20)13(9-11)22-15(16,17)18/h7-9,20H,5-6H2,1-4H3. The fourth-order valence-corrected chi connectivity index (χ4v) is 2.22. The van der Waals surface area contributed by atoms with E-state index in [0.29, 0.717) is 24.1 Å². The highest BCUT2D eigenvalue weighted by Crippen LogP contribution is 2.32. The Morgan fingerprint density at radius 2 is 1.91 bits per heavy atom. The van der Waals surface area contributed by atoms with Crippen LogP contribution in [0, 0.1) is 0 Å². The number of nitrogens with zero attached hydrogens (tertiary/aromatic N) is 1. The zero-order valence-corrected chi connectivity index (χ0v) is 14.2. The average molecular weight is 351 g/mol. The number of aromatic hydroxyl groups is 1. The third kappa shape index (κ3) is 7.02. The fraction of sp³-hybridized carbons (Fsp3) is 0.533. The van der Waals surface area contributed by atoms with Crippen LogP contribution in [0.5, 0.6) is 11.5 Å². The van der Waals surface area contributed by atoms with Gasteiger partial charge in [-0.25, -0.2) is 4.21 Å². The summed E-state index contributed by atoms with van der Waals surface area (Å²) in [6.45, 7) is 7.14. The number of aryl methyl sites for hydroxylation is 1. The molecule has 0 radical (unpaired) electrons. The van der Waals surface area contributed by atoms with E-state index in [-0.39, 0.29) is 0 Å². The summed E-state index contributed by atoms with van der Waals surface area (Å²) in [7, 11) is -1.37. The van der Waals surface area contributed by atoms with Crippen molar-refractivity contribution >= 4 is 16.7 Å². The van der Waals surface area contributed by atoms with E-state index in [9.17, 15) is 22.5 Å². The molecule has 0 aliphatic heterocycles. The molecule has 0 aliphatic rings. The Kier molecular flexibility index (Phi) is 6.21. The van der Waals surface area contributed by atoms with Crippen LogP contribution >= 0.6 is 0 Å². The number of benzene rings is 1. The predicted molar refractivity (Wildman–Crippen MR) is 84.1 cm³/mol. The third-order valence-electron chi connectivity index (χ3n) is 2.79. The van der Waals surface area contributed by atoms with Gasteiger partial charge in [0.05, 0.1) is 4.75 Å². The summed E-state index contributed by atoms with van der Waals surface area (Å²) in [5.41, 5.74) is 1.20. The van der Waals surface area contributed by atoms with Crippen LogP contribution < -0.4 is 4.74 Å². The van der Waals surface area contributed by atoms with Gasteiger partial charge in [-0.15, -0.1) is 13.2 Å². The second kappa shape index (κ2) is 7.33. The summed E-state index contributed by atoms with van der Waals surface area (Å²) in [5, 5.41) is 9.40. The molecule has 1 aromatic rings. The number of hydrogen-bond acceptors (Lipinski definition) is 3. The van der Waals surface area contributed by atoms with Crippen LogP contribution in [0.25, 0.3) is 0 Å². The smallest absolute Gasteiger partial charge is 0.504 e. The molecule has 0 fully saturated rings. The molecule has 0 aliphatic carbocycles. The van der Waals surface area contributed by atoms with Crippen molar-refractivity contribution in [3.05, 3.63) is 23.8 Å². The van der Waals surface area contributed by atoms with E-state index < -0.39 is 33.6 Å². The molecular weight excluding hydrogens is 331 g/mol. The summed E-state index contributed by atoms with van der Waals surface area (Å²) in [6, 6.07) is 3.79. The zero-order valence-electron chi connectivity index (χ0n) is 13.4. The number of ether oxygens (including phenoxy) is 1. The highest BCUT2D eigenvalue weighted by molar-refractivity contribution is 7.85. The molecule has 1 N–H and O–H groups in total. The minimum Gasteiger partial charge on any atom is -0.504 e. The number of halogens is 3. The van der Waals surface area contributed by atoms with E-state index >= 15 is 0 Å².